The number of hydrogen-bond acceptors (Lipinski definition) is 4. The fraction of sp³-hybridized carbons (Fsp3) is 0.650. The quantitative estimate of drug-likeness (QED) is 0.855. The lowest BCUT2D eigenvalue weighted by Crippen LogP contribution is -2.44. The van der Waals surface area contributed by atoms with Crippen molar-refractivity contribution in [3.63, 3.8) is 0 Å². The lowest BCUT2D eigenvalue weighted by molar-refractivity contribution is -0.133. The third-order valence-electron chi connectivity index (χ3n) is 6.67. The number of aromatic nitrogens is 3. The summed E-state index contributed by atoms with van der Waals surface area (Å²) in [5, 5.41) is 6.87. The number of carbonyl (C=O) groups is 1. The highest BCUT2D eigenvalue weighted by atomic mass is 16.2. The second kappa shape index (κ2) is 6.78. The van der Waals surface area contributed by atoms with Crippen LogP contribution in [-0.2, 0) is 18.3 Å². The van der Waals surface area contributed by atoms with Crippen LogP contribution in [0.4, 0.5) is 0 Å². The van der Waals surface area contributed by atoms with E-state index in [4.69, 9.17) is 0 Å². The topological polar surface area (TPSA) is 83.0 Å². The molecule has 2 aromatic heterocycles. The lowest BCUT2D eigenvalue weighted by atomic mass is 9.78. The predicted molar refractivity (Wildman–Crippen MR) is 105 cm³/mol. The zero-order chi connectivity index (χ0) is 19.2. The van der Waals surface area contributed by atoms with Gasteiger partial charge in [-0.05, 0) is 62.6 Å². The molecule has 1 amide bonds. The molecule has 0 aromatic carbocycles. The predicted octanol–water partition coefficient (Wildman–Crippen LogP) is 1.41. The van der Waals surface area contributed by atoms with Gasteiger partial charge >= 0.3 is 0 Å². The fourth-order valence-corrected chi connectivity index (χ4v) is 4.86. The zero-order valence-corrected chi connectivity index (χ0v) is 16.5. The number of nitrogens with one attached hydrogen (secondary N) is 2. The number of carbonyl (C=O) groups excluding carboxylic acids is 1. The number of H-pyrrole nitrogens is 1. The Kier molecular flexibility index (Phi) is 4.58. The highest BCUT2D eigenvalue weighted by Gasteiger charge is 2.37. The first-order valence-corrected chi connectivity index (χ1v) is 9.93. The van der Waals surface area contributed by atoms with Gasteiger partial charge in [-0.3, -0.25) is 19.4 Å². The number of nitrogens with zero attached hydrogens (tertiary/aromatic N) is 3. The second-order valence-electron chi connectivity index (χ2n) is 8.31. The summed E-state index contributed by atoms with van der Waals surface area (Å²) < 4.78 is 1.66. The van der Waals surface area contributed by atoms with Gasteiger partial charge in [0.05, 0.1) is 5.39 Å². The van der Waals surface area contributed by atoms with Crippen LogP contribution < -0.4 is 10.9 Å². The molecule has 0 unspecified atom stereocenters. The third-order valence-corrected chi connectivity index (χ3v) is 6.67. The molecule has 7 heteroatoms. The standard InChI is InChI=1S/C20H29N5O2/c1-13-15(14(2)22-18-17(13)19(27)23-24(18)3)4-5-16(26)25-10-7-20(8-11-25)6-9-21-12-20/h21H,4-12H2,1-3H3,(H,23,27). The summed E-state index contributed by atoms with van der Waals surface area (Å²) >= 11 is 0. The summed E-state index contributed by atoms with van der Waals surface area (Å²) in [6.45, 7) is 7.87. The lowest BCUT2D eigenvalue weighted by Gasteiger charge is -2.39. The molecule has 0 bridgehead atoms. The van der Waals surface area contributed by atoms with Gasteiger partial charge in [0.15, 0.2) is 5.65 Å². The number of piperidine rings is 1. The Morgan fingerprint density at radius 3 is 2.63 bits per heavy atom. The first kappa shape index (κ1) is 18.2. The molecule has 2 aliphatic heterocycles. The maximum absolute atomic E-state index is 12.7. The Morgan fingerprint density at radius 1 is 1.22 bits per heavy atom. The van der Waals surface area contributed by atoms with Gasteiger partial charge in [-0.2, -0.15) is 0 Å². The number of amides is 1. The van der Waals surface area contributed by atoms with Crippen LogP contribution in [0.25, 0.3) is 11.0 Å². The van der Waals surface area contributed by atoms with Crippen molar-refractivity contribution < 1.29 is 4.79 Å². The van der Waals surface area contributed by atoms with E-state index < -0.39 is 0 Å². The van der Waals surface area contributed by atoms with Crippen LogP contribution in [-0.4, -0.2) is 51.8 Å². The SMILES string of the molecule is Cc1nc2c(c(C)c1CCC(=O)N1CCC3(CCNC3)CC1)c(=O)[nH]n2C. The first-order valence-electron chi connectivity index (χ1n) is 9.93. The van der Waals surface area contributed by atoms with E-state index in [1.54, 1.807) is 11.7 Å². The molecule has 2 aliphatic rings. The Hall–Kier alpha value is -2.15. The molecule has 0 radical (unpaired) electrons. The van der Waals surface area contributed by atoms with Gasteiger partial charge in [0.1, 0.15) is 0 Å². The Labute approximate surface area is 159 Å². The van der Waals surface area contributed by atoms with Crippen LogP contribution in [0.15, 0.2) is 4.79 Å². The smallest absolute Gasteiger partial charge is 0.273 e. The summed E-state index contributed by atoms with van der Waals surface area (Å²) in [6, 6.07) is 0. The molecular weight excluding hydrogens is 342 g/mol. The van der Waals surface area contributed by atoms with E-state index in [9.17, 15) is 9.59 Å². The van der Waals surface area contributed by atoms with E-state index in [0.29, 0.717) is 29.3 Å². The van der Waals surface area contributed by atoms with Crippen molar-refractivity contribution in [3.05, 3.63) is 27.2 Å². The summed E-state index contributed by atoms with van der Waals surface area (Å²) in [7, 11) is 1.79. The minimum Gasteiger partial charge on any atom is -0.343 e. The molecule has 2 fully saturated rings. The number of fused-ring (bicyclic) bond motifs is 1. The number of hydrogen-bond donors (Lipinski definition) is 2. The van der Waals surface area contributed by atoms with Gasteiger partial charge < -0.3 is 10.2 Å². The second-order valence-corrected chi connectivity index (χ2v) is 8.31. The minimum absolute atomic E-state index is 0.114. The largest absolute Gasteiger partial charge is 0.343 e. The summed E-state index contributed by atoms with van der Waals surface area (Å²) in [6.07, 6.45) is 4.57. The molecule has 4 rings (SSSR count). The maximum Gasteiger partial charge on any atom is 0.273 e. The molecule has 146 valence electrons. The van der Waals surface area contributed by atoms with Gasteiger partial charge in [-0.1, -0.05) is 0 Å². The fourth-order valence-electron chi connectivity index (χ4n) is 4.86. The van der Waals surface area contributed by atoms with E-state index in [1.165, 1.54) is 6.42 Å². The van der Waals surface area contributed by atoms with Crippen molar-refractivity contribution in [2.24, 2.45) is 12.5 Å². The molecule has 7 nitrogen and oxygen atoms in total. The molecule has 0 saturated carbocycles. The Bertz CT molecular complexity index is 926. The highest BCUT2D eigenvalue weighted by Crippen LogP contribution is 2.37. The van der Waals surface area contributed by atoms with Crippen molar-refractivity contribution >= 4 is 16.9 Å². The Balaban J connectivity index is 1.45. The van der Waals surface area contributed by atoms with Gasteiger partial charge in [0.2, 0.25) is 5.91 Å². The third kappa shape index (κ3) is 3.18. The molecule has 1 spiro atoms. The normalized spacial score (nSPS) is 19.3. The van der Waals surface area contributed by atoms with Crippen molar-refractivity contribution in [1.29, 1.82) is 0 Å². The maximum atomic E-state index is 12.7. The number of rotatable bonds is 3. The van der Waals surface area contributed by atoms with Crippen molar-refractivity contribution in [3.8, 4) is 0 Å². The van der Waals surface area contributed by atoms with Crippen LogP contribution in [0.5, 0.6) is 0 Å². The highest BCUT2D eigenvalue weighted by molar-refractivity contribution is 5.81. The zero-order valence-electron chi connectivity index (χ0n) is 16.5. The van der Waals surface area contributed by atoms with Crippen LogP contribution >= 0.6 is 0 Å². The van der Waals surface area contributed by atoms with Crippen LogP contribution in [0.1, 0.15) is 42.5 Å². The first-order chi connectivity index (χ1) is 12.9. The van der Waals surface area contributed by atoms with Crippen LogP contribution in [0, 0.1) is 19.3 Å². The summed E-state index contributed by atoms with van der Waals surface area (Å²) in [4.78, 5) is 31.6. The van der Waals surface area contributed by atoms with Crippen LogP contribution in [0.3, 0.4) is 0 Å². The van der Waals surface area contributed by atoms with Gasteiger partial charge in [-0.15, -0.1) is 0 Å². The average Bonchev–Trinajstić information content (AvgIpc) is 3.20. The number of aryl methyl sites for hydroxylation is 3. The Morgan fingerprint density at radius 2 is 1.96 bits per heavy atom. The van der Waals surface area contributed by atoms with Gasteiger partial charge in [-0.25, -0.2) is 4.98 Å². The van der Waals surface area contributed by atoms with Crippen molar-refractivity contribution in [2.75, 3.05) is 26.2 Å². The number of aromatic amines is 1. The van der Waals surface area contributed by atoms with Crippen molar-refractivity contribution in [1.82, 2.24) is 25.0 Å². The van der Waals surface area contributed by atoms with E-state index in [2.05, 4.69) is 15.4 Å². The van der Waals surface area contributed by atoms with Gasteiger partial charge in [0, 0.05) is 38.8 Å². The molecule has 2 aromatic rings. The van der Waals surface area contributed by atoms with Crippen LogP contribution in [0.2, 0.25) is 0 Å². The molecule has 27 heavy (non-hydrogen) atoms. The van der Waals surface area contributed by atoms with E-state index in [0.717, 1.165) is 55.8 Å². The molecular formula is C20H29N5O2. The molecule has 2 saturated heterocycles. The minimum atomic E-state index is -0.114. The molecule has 4 heterocycles. The monoisotopic (exact) mass is 371 g/mol. The molecule has 0 atom stereocenters. The van der Waals surface area contributed by atoms with E-state index in [-0.39, 0.29) is 11.5 Å². The van der Waals surface area contributed by atoms with Gasteiger partial charge in [0.25, 0.3) is 5.56 Å². The summed E-state index contributed by atoms with van der Waals surface area (Å²) in [5.74, 6) is 0.219. The molecule has 2 N–H and O–H groups in total. The average molecular weight is 371 g/mol. The van der Waals surface area contributed by atoms with E-state index >= 15 is 0 Å². The molecule has 0 aliphatic carbocycles. The summed E-state index contributed by atoms with van der Waals surface area (Å²) in [5.41, 5.74) is 3.86. The number of pyridine rings is 1. The number of likely N-dealkylation sites (tertiary alicyclic amines) is 1. The van der Waals surface area contributed by atoms with E-state index in [1.807, 2.05) is 18.7 Å². The van der Waals surface area contributed by atoms with Crippen molar-refractivity contribution in [2.45, 2.75) is 46.0 Å².